The maximum atomic E-state index is 5.57. The Morgan fingerprint density at radius 1 is 1.21 bits per heavy atom. The molecule has 0 amide bonds. The van der Waals surface area contributed by atoms with Gasteiger partial charge < -0.3 is 15.3 Å². The molecule has 0 aliphatic rings. The average Bonchev–Trinajstić information content (AvgIpc) is 3.04. The Kier molecular flexibility index (Phi) is 3.29. The van der Waals surface area contributed by atoms with Gasteiger partial charge in [0.15, 0.2) is 0 Å². The highest BCUT2D eigenvalue weighted by molar-refractivity contribution is 5.82. The van der Waals surface area contributed by atoms with Gasteiger partial charge in [-0.05, 0) is 24.6 Å². The van der Waals surface area contributed by atoms with Gasteiger partial charge in [-0.15, -0.1) is 10.2 Å². The van der Waals surface area contributed by atoms with Crippen LogP contribution in [0.3, 0.4) is 0 Å². The lowest BCUT2D eigenvalue weighted by Gasteiger charge is -2.05. The van der Waals surface area contributed by atoms with Gasteiger partial charge in [0.2, 0.25) is 0 Å². The minimum absolute atomic E-state index is 0.603. The number of H-pyrrole nitrogens is 1. The zero-order chi connectivity index (χ0) is 13.1. The van der Waals surface area contributed by atoms with Crippen LogP contribution in [0.1, 0.15) is 11.4 Å². The fourth-order valence-corrected chi connectivity index (χ4v) is 2.37. The Bertz CT molecular complexity index is 667. The normalized spacial score (nSPS) is 11.2. The van der Waals surface area contributed by atoms with Crippen LogP contribution < -0.4 is 5.73 Å². The summed E-state index contributed by atoms with van der Waals surface area (Å²) in [6.45, 7) is 1.48. The second-order valence-corrected chi connectivity index (χ2v) is 4.59. The standard InChI is InChI=1S/C14H17N5/c15-7-5-14-18-17-10-19(14)8-6-11-9-16-13-4-2-1-3-12(11)13/h1-4,9-10,16H,5-8,15H2. The summed E-state index contributed by atoms with van der Waals surface area (Å²) in [4.78, 5) is 3.30. The van der Waals surface area contributed by atoms with Crippen molar-refractivity contribution in [3.8, 4) is 0 Å². The lowest BCUT2D eigenvalue weighted by Crippen LogP contribution is -2.10. The molecular formula is C14H17N5. The molecule has 0 fully saturated rings. The summed E-state index contributed by atoms with van der Waals surface area (Å²) in [5.41, 5.74) is 8.07. The van der Waals surface area contributed by atoms with E-state index in [0.29, 0.717) is 6.54 Å². The number of fused-ring (bicyclic) bond motifs is 1. The first-order valence-electron chi connectivity index (χ1n) is 6.50. The van der Waals surface area contributed by atoms with E-state index in [4.69, 9.17) is 5.73 Å². The number of aromatic amines is 1. The topological polar surface area (TPSA) is 72.5 Å². The van der Waals surface area contributed by atoms with Gasteiger partial charge in [-0.3, -0.25) is 0 Å². The molecule has 3 aromatic rings. The molecule has 19 heavy (non-hydrogen) atoms. The second-order valence-electron chi connectivity index (χ2n) is 4.59. The van der Waals surface area contributed by atoms with Crippen molar-refractivity contribution in [1.29, 1.82) is 0 Å². The molecule has 2 aromatic heterocycles. The van der Waals surface area contributed by atoms with Crippen molar-refractivity contribution < 1.29 is 0 Å². The van der Waals surface area contributed by atoms with Gasteiger partial charge in [0, 0.05) is 30.1 Å². The van der Waals surface area contributed by atoms with Crippen molar-refractivity contribution in [2.45, 2.75) is 19.4 Å². The maximum absolute atomic E-state index is 5.57. The van der Waals surface area contributed by atoms with Crippen molar-refractivity contribution in [3.05, 3.63) is 48.2 Å². The number of hydrogen-bond donors (Lipinski definition) is 2. The summed E-state index contributed by atoms with van der Waals surface area (Å²) in [7, 11) is 0. The molecule has 3 rings (SSSR count). The number of aromatic nitrogens is 4. The van der Waals surface area contributed by atoms with Gasteiger partial charge in [-0.1, -0.05) is 18.2 Å². The quantitative estimate of drug-likeness (QED) is 0.725. The first kappa shape index (κ1) is 11.9. The molecule has 0 bridgehead atoms. The van der Waals surface area contributed by atoms with Gasteiger partial charge >= 0.3 is 0 Å². The molecule has 0 aliphatic carbocycles. The third-order valence-corrected chi connectivity index (χ3v) is 3.36. The minimum atomic E-state index is 0.603. The van der Waals surface area contributed by atoms with Crippen LogP contribution in [0.2, 0.25) is 0 Å². The number of aryl methyl sites for hydroxylation is 2. The molecule has 0 saturated carbocycles. The zero-order valence-electron chi connectivity index (χ0n) is 10.7. The largest absolute Gasteiger partial charge is 0.361 e. The molecule has 5 heteroatoms. The number of benzene rings is 1. The molecule has 98 valence electrons. The fourth-order valence-electron chi connectivity index (χ4n) is 2.37. The lowest BCUT2D eigenvalue weighted by molar-refractivity contribution is 0.650. The van der Waals surface area contributed by atoms with Gasteiger partial charge in [0.05, 0.1) is 0 Å². The van der Waals surface area contributed by atoms with Crippen LogP contribution in [-0.2, 0) is 19.4 Å². The highest BCUT2D eigenvalue weighted by atomic mass is 15.3. The first-order chi connectivity index (χ1) is 9.38. The van der Waals surface area contributed by atoms with E-state index in [1.807, 2.05) is 6.07 Å². The van der Waals surface area contributed by atoms with Crippen LogP contribution in [0.15, 0.2) is 36.8 Å². The predicted molar refractivity (Wildman–Crippen MR) is 74.8 cm³/mol. The molecule has 2 heterocycles. The van der Waals surface area contributed by atoms with Gasteiger partial charge in [-0.2, -0.15) is 0 Å². The summed E-state index contributed by atoms with van der Waals surface area (Å²) < 4.78 is 2.08. The minimum Gasteiger partial charge on any atom is -0.361 e. The Balaban J connectivity index is 1.77. The SMILES string of the molecule is NCCc1nncn1CCc1c[nH]c2ccccc12. The number of nitrogens with one attached hydrogen (secondary N) is 1. The second kappa shape index (κ2) is 5.24. The Hall–Kier alpha value is -2.14. The van der Waals surface area contributed by atoms with Crippen LogP contribution in [0.25, 0.3) is 10.9 Å². The van der Waals surface area contributed by atoms with E-state index in [1.165, 1.54) is 16.5 Å². The Labute approximate surface area is 111 Å². The summed E-state index contributed by atoms with van der Waals surface area (Å²) >= 11 is 0. The molecule has 0 saturated heterocycles. The molecule has 0 atom stereocenters. The molecular weight excluding hydrogens is 238 g/mol. The molecule has 1 aromatic carbocycles. The highest BCUT2D eigenvalue weighted by Crippen LogP contribution is 2.18. The van der Waals surface area contributed by atoms with E-state index < -0.39 is 0 Å². The monoisotopic (exact) mass is 255 g/mol. The average molecular weight is 255 g/mol. The van der Waals surface area contributed by atoms with Crippen molar-refractivity contribution in [2.24, 2.45) is 5.73 Å². The fraction of sp³-hybridized carbons (Fsp3) is 0.286. The van der Waals surface area contributed by atoms with Gasteiger partial charge in [0.25, 0.3) is 0 Å². The van der Waals surface area contributed by atoms with Crippen molar-refractivity contribution in [3.63, 3.8) is 0 Å². The molecule has 5 nitrogen and oxygen atoms in total. The van der Waals surface area contributed by atoms with Crippen LogP contribution >= 0.6 is 0 Å². The number of para-hydroxylation sites is 1. The van der Waals surface area contributed by atoms with Crippen LogP contribution in [0, 0.1) is 0 Å². The Morgan fingerprint density at radius 2 is 2.11 bits per heavy atom. The van der Waals surface area contributed by atoms with Gasteiger partial charge in [-0.25, -0.2) is 0 Å². The molecule has 0 unspecified atom stereocenters. The number of hydrogen-bond acceptors (Lipinski definition) is 3. The lowest BCUT2D eigenvalue weighted by atomic mass is 10.1. The van der Waals surface area contributed by atoms with Crippen LogP contribution in [0.5, 0.6) is 0 Å². The number of nitrogens with two attached hydrogens (primary N) is 1. The molecule has 0 spiro atoms. The third-order valence-electron chi connectivity index (χ3n) is 3.36. The van der Waals surface area contributed by atoms with Crippen molar-refractivity contribution >= 4 is 10.9 Å². The zero-order valence-corrected chi connectivity index (χ0v) is 10.7. The molecule has 0 aliphatic heterocycles. The predicted octanol–water partition coefficient (Wildman–Crippen LogP) is 1.50. The third kappa shape index (κ3) is 2.37. The van der Waals surface area contributed by atoms with E-state index in [2.05, 4.69) is 44.1 Å². The molecule has 3 N–H and O–H groups in total. The van der Waals surface area contributed by atoms with E-state index in [9.17, 15) is 0 Å². The number of nitrogens with zero attached hydrogens (tertiary/aromatic N) is 3. The van der Waals surface area contributed by atoms with E-state index >= 15 is 0 Å². The van der Waals surface area contributed by atoms with E-state index in [1.54, 1.807) is 6.33 Å². The Morgan fingerprint density at radius 3 is 3.00 bits per heavy atom. The molecule has 0 radical (unpaired) electrons. The number of rotatable bonds is 5. The van der Waals surface area contributed by atoms with Gasteiger partial charge in [0.1, 0.15) is 12.2 Å². The highest BCUT2D eigenvalue weighted by Gasteiger charge is 2.06. The summed E-state index contributed by atoms with van der Waals surface area (Å²) in [6, 6.07) is 8.35. The van der Waals surface area contributed by atoms with Crippen LogP contribution in [-0.4, -0.2) is 26.3 Å². The van der Waals surface area contributed by atoms with Crippen LogP contribution in [0.4, 0.5) is 0 Å². The van der Waals surface area contributed by atoms with E-state index in [0.717, 1.165) is 25.2 Å². The van der Waals surface area contributed by atoms with Crippen molar-refractivity contribution in [1.82, 2.24) is 19.7 Å². The van der Waals surface area contributed by atoms with E-state index in [-0.39, 0.29) is 0 Å². The smallest absolute Gasteiger partial charge is 0.134 e. The first-order valence-corrected chi connectivity index (χ1v) is 6.50. The summed E-state index contributed by atoms with van der Waals surface area (Å²) in [5, 5.41) is 9.33. The maximum Gasteiger partial charge on any atom is 0.134 e. The van der Waals surface area contributed by atoms with Crippen molar-refractivity contribution in [2.75, 3.05) is 6.54 Å². The summed E-state index contributed by atoms with van der Waals surface area (Å²) in [5.74, 6) is 0.961. The summed E-state index contributed by atoms with van der Waals surface area (Å²) in [6.07, 6.45) is 5.59.